The van der Waals surface area contributed by atoms with E-state index in [1.165, 1.54) is 0 Å². The largest absolute Gasteiger partial charge is 0.474 e. The van der Waals surface area contributed by atoms with Crippen LogP contribution in [0, 0.1) is 6.92 Å². The van der Waals surface area contributed by atoms with Crippen LogP contribution in [0.1, 0.15) is 36.9 Å². The Hall–Kier alpha value is -1.92. The molecule has 0 N–H and O–H groups in total. The van der Waals surface area contributed by atoms with E-state index in [2.05, 4.69) is 10.4 Å². The maximum absolute atomic E-state index is 12.5. The summed E-state index contributed by atoms with van der Waals surface area (Å²) in [6.45, 7) is 4.21. The van der Waals surface area contributed by atoms with E-state index in [-0.39, 0.29) is 17.6 Å². The van der Waals surface area contributed by atoms with Crippen LogP contribution >= 0.6 is 11.3 Å². The first kappa shape index (κ1) is 18.4. The maximum Gasteiger partial charge on any atom is 0.227 e. The van der Waals surface area contributed by atoms with Gasteiger partial charge < -0.3 is 14.4 Å². The zero-order chi connectivity index (χ0) is 18.7. The third-order valence-electron chi connectivity index (χ3n) is 5.56. The SMILES string of the molecule is Cc1cccc(OC2CCOC3(CCN(C(=O)Cc4ccsc4)CC3)C2)n1. The van der Waals surface area contributed by atoms with Gasteiger partial charge in [0, 0.05) is 37.7 Å². The molecule has 4 rings (SSSR count). The molecule has 0 bridgehead atoms. The summed E-state index contributed by atoms with van der Waals surface area (Å²) in [5.74, 6) is 0.913. The summed E-state index contributed by atoms with van der Waals surface area (Å²) in [6, 6.07) is 7.89. The molecule has 2 aliphatic heterocycles. The lowest BCUT2D eigenvalue weighted by Gasteiger charge is -2.46. The number of aromatic nitrogens is 1. The van der Waals surface area contributed by atoms with Crippen LogP contribution in [0.2, 0.25) is 0 Å². The number of hydrogen-bond acceptors (Lipinski definition) is 5. The molecular weight excluding hydrogens is 360 g/mol. The highest BCUT2D eigenvalue weighted by Crippen LogP contribution is 2.36. The normalized spacial score (nSPS) is 22.0. The number of aryl methyl sites for hydroxylation is 1. The van der Waals surface area contributed by atoms with Crippen molar-refractivity contribution in [3.8, 4) is 5.88 Å². The van der Waals surface area contributed by atoms with Crippen LogP contribution in [0.4, 0.5) is 0 Å². The molecule has 2 aromatic rings. The van der Waals surface area contributed by atoms with Crippen LogP contribution < -0.4 is 4.74 Å². The first-order valence-electron chi connectivity index (χ1n) is 9.65. The lowest BCUT2D eigenvalue weighted by molar-refractivity contribution is -0.151. The van der Waals surface area contributed by atoms with Crippen LogP contribution in [0.15, 0.2) is 35.0 Å². The fourth-order valence-electron chi connectivity index (χ4n) is 4.03. The van der Waals surface area contributed by atoms with Gasteiger partial charge in [-0.15, -0.1) is 0 Å². The summed E-state index contributed by atoms with van der Waals surface area (Å²) in [5, 5.41) is 4.07. The summed E-state index contributed by atoms with van der Waals surface area (Å²) in [6.07, 6.45) is 4.14. The van der Waals surface area contributed by atoms with E-state index in [0.29, 0.717) is 18.9 Å². The number of piperidine rings is 1. The second-order valence-electron chi connectivity index (χ2n) is 7.57. The number of thiophene rings is 1. The average Bonchev–Trinajstić information content (AvgIpc) is 3.15. The second kappa shape index (κ2) is 7.98. The van der Waals surface area contributed by atoms with Gasteiger partial charge in [0.05, 0.1) is 18.6 Å². The van der Waals surface area contributed by atoms with Gasteiger partial charge in [-0.2, -0.15) is 11.3 Å². The Bertz CT molecular complexity index is 769. The highest BCUT2D eigenvalue weighted by atomic mass is 32.1. The molecule has 6 heteroatoms. The fraction of sp³-hybridized carbons (Fsp3) is 0.524. The lowest BCUT2D eigenvalue weighted by Crippen LogP contribution is -2.52. The maximum atomic E-state index is 12.5. The Morgan fingerprint density at radius 2 is 2.22 bits per heavy atom. The number of likely N-dealkylation sites (tertiary alicyclic amines) is 1. The predicted octanol–water partition coefficient (Wildman–Crippen LogP) is 3.61. The Morgan fingerprint density at radius 3 is 2.96 bits per heavy atom. The Kier molecular flexibility index (Phi) is 5.45. The molecule has 0 aliphatic carbocycles. The smallest absolute Gasteiger partial charge is 0.227 e. The number of nitrogens with zero attached hydrogens (tertiary/aromatic N) is 2. The number of rotatable bonds is 4. The average molecular weight is 387 g/mol. The summed E-state index contributed by atoms with van der Waals surface area (Å²) in [5.41, 5.74) is 1.91. The minimum Gasteiger partial charge on any atom is -0.474 e. The molecule has 0 aromatic carbocycles. The molecule has 0 saturated carbocycles. The quantitative estimate of drug-likeness (QED) is 0.805. The standard InChI is InChI=1S/C21H26N2O3S/c1-16-3-2-4-19(22-16)26-18-5-11-25-21(14-18)7-9-23(10-8-21)20(24)13-17-6-12-27-15-17/h2-4,6,12,15,18H,5,7-11,13-14H2,1H3. The highest BCUT2D eigenvalue weighted by molar-refractivity contribution is 7.08. The number of carbonyl (C=O) groups excluding carboxylic acids is 1. The predicted molar refractivity (Wildman–Crippen MR) is 105 cm³/mol. The van der Waals surface area contributed by atoms with Gasteiger partial charge in [-0.1, -0.05) is 6.07 Å². The van der Waals surface area contributed by atoms with Gasteiger partial charge >= 0.3 is 0 Å². The van der Waals surface area contributed by atoms with Crippen molar-refractivity contribution in [1.29, 1.82) is 0 Å². The zero-order valence-electron chi connectivity index (χ0n) is 15.7. The second-order valence-corrected chi connectivity index (χ2v) is 8.35. The molecule has 2 aromatic heterocycles. The van der Waals surface area contributed by atoms with Crippen LogP contribution in [0.5, 0.6) is 5.88 Å². The van der Waals surface area contributed by atoms with E-state index in [4.69, 9.17) is 9.47 Å². The van der Waals surface area contributed by atoms with Gasteiger partial charge in [-0.05, 0) is 48.2 Å². The number of pyridine rings is 1. The van der Waals surface area contributed by atoms with Crippen LogP contribution in [0.3, 0.4) is 0 Å². The van der Waals surface area contributed by atoms with Gasteiger partial charge in [0.1, 0.15) is 6.10 Å². The van der Waals surface area contributed by atoms with E-state index in [1.807, 2.05) is 41.5 Å². The number of carbonyl (C=O) groups is 1. The Balaban J connectivity index is 1.32. The minimum absolute atomic E-state index is 0.126. The van der Waals surface area contributed by atoms with Crippen molar-refractivity contribution in [3.05, 3.63) is 46.3 Å². The zero-order valence-corrected chi connectivity index (χ0v) is 16.5. The third-order valence-corrected chi connectivity index (χ3v) is 6.29. The van der Waals surface area contributed by atoms with Crippen molar-refractivity contribution in [2.24, 2.45) is 0 Å². The molecule has 2 aliphatic rings. The molecule has 5 nitrogen and oxygen atoms in total. The van der Waals surface area contributed by atoms with Gasteiger partial charge in [0.2, 0.25) is 11.8 Å². The van der Waals surface area contributed by atoms with Crippen molar-refractivity contribution >= 4 is 17.2 Å². The topological polar surface area (TPSA) is 51.7 Å². The van der Waals surface area contributed by atoms with E-state index >= 15 is 0 Å². The van der Waals surface area contributed by atoms with E-state index < -0.39 is 0 Å². The van der Waals surface area contributed by atoms with Crippen LogP contribution in [-0.4, -0.2) is 47.2 Å². The van der Waals surface area contributed by atoms with Crippen LogP contribution in [0.25, 0.3) is 0 Å². The number of amides is 1. The Labute approximate surface area is 164 Å². The molecular formula is C21H26N2O3S. The molecule has 27 heavy (non-hydrogen) atoms. The summed E-state index contributed by atoms with van der Waals surface area (Å²) < 4.78 is 12.3. The van der Waals surface area contributed by atoms with Gasteiger partial charge in [-0.3, -0.25) is 4.79 Å². The van der Waals surface area contributed by atoms with E-state index in [0.717, 1.165) is 50.0 Å². The third kappa shape index (κ3) is 4.50. The molecule has 4 heterocycles. The molecule has 1 amide bonds. The van der Waals surface area contributed by atoms with Crippen molar-refractivity contribution in [3.63, 3.8) is 0 Å². The molecule has 1 spiro atoms. The first-order valence-corrected chi connectivity index (χ1v) is 10.6. The molecule has 0 radical (unpaired) electrons. The summed E-state index contributed by atoms with van der Waals surface area (Å²) in [4.78, 5) is 19.0. The molecule has 2 saturated heterocycles. The monoisotopic (exact) mass is 386 g/mol. The van der Waals surface area contributed by atoms with E-state index in [9.17, 15) is 4.79 Å². The minimum atomic E-state index is -0.161. The van der Waals surface area contributed by atoms with E-state index in [1.54, 1.807) is 11.3 Å². The highest BCUT2D eigenvalue weighted by Gasteiger charge is 2.42. The molecule has 144 valence electrons. The van der Waals surface area contributed by atoms with Crippen molar-refractivity contribution < 1.29 is 14.3 Å². The first-order chi connectivity index (χ1) is 13.1. The summed E-state index contributed by atoms with van der Waals surface area (Å²) in [7, 11) is 0. The molecule has 1 unspecified atom stereocenters. The Morgan fingerprint density at radius 1 is 1.37 bits per heavy atom. The fourth-order valence-corrected chi connectivity index (χ4v) is 4.70. The molecule has 1 atom stereocenters. The summed E-state index contributed by atoms with van der Waals surface area (Å²) >= 11 is 1.64. The van der Waals surface area contributed by atoms with Crippen LogP contribution in [-0.2, 0) is 16.0 Å². The lowest BCUT2D eigenvalue weighted by atomic mass is 9.83. The van der Waals surface area contributed by atoms with Crippen molar-refractivity contribution in [1.82, 2.24) is 9.88 Å². The number of ether oxygens (including phenoxy) is 2. The molecule has 2 fully saturated rings. The van der Waals surface area contributed by atoms with Gasteiger partial charge in [0.25, 0.3) is 0 Å². The van der Waals surface area contributed by atoms with Crippen molar-refractivity contribution in [2.45, 2.75) is 50.7 Å². The number of hydrogen-bond donors (Lipinski definition) is 0. The van der Waals surface area contributed by atoms with Gasteiger partial charge in [-0.25, -0.2) is 4.98 Å². The van der Waals surface area contributed by atoms with Crippen molar-refractivity contribution in [2.75, 3.05) is 19.7 Å². The van der Waals surface area contributed by atoms with Gasteiger partial charge in [0.15, 0.2) is 0 Å².